The molecule has 14 heavy (non-hydrogen) atoms. The van der Waals surface area contributed by atoms with Crippen LogP contribution in [-0.2, 0) is 14.4 Å². The Labute approximate surface area is 82.7 Å². The van der Waals surface area contributed by atoms with Gasteiger partial charge in [-0.3, -0.25) is 19.3 Å². The number of hydrogen-bond acceptors (Lipinski definition) is 3. The van der Waals surface area contributed by atoms with E-state index in [0.717, 1.165) is 4.90 Å². The van der Waals surface area contributed by atoms with Crippen molar-refractivity contribution in [3.05, 3.63) is 12.2 Å². The van der Waals surface area contributed by atoms with Crippen LogP contribution >= 0.6 is 0 Å². The Morgan fingerprint density at radius 1 is 1.29 bits per heavy atom. The van der Waals surface area contributed by atoms with Crippen LogP contribution in [0.4, 0.5) is 0 Å². The van der Waals surface area contributed by atoms with Crippen LogP contribution in [0.5, 0.6) is 0 Å². The third kappa shape index (κ3) is 3.49. The van der Waals surface area contributed by atoms with Crippen LogP contribution in [0.1, 0.15) is 20.8 Å². The van der Waals surface area contributed by atoms with Gasteiger partial charge in [0.15, 0.2) is 0 Å². The van der Waals surface area contributed by atoms with Gasteiger partial charge >= 0.3 is 0 Å². The predicted octanol–water partition coefficient (Wildman–Crippen LogP) is -0.298. The third-order valence-corrected chi connectivity index (χ3v) is 1.59. The minimum absolute atomic E-state index is 0. The predicted molar refractivity (Wildman–Crippen MR) is 51.5 cm³/mol. The molecule has 2 amide bonds. The first kappa shape index (κ1) is 15.0. The summed E-state index contributed by atoms with van der Waals surface area (Å²) in [5.74, 6) is -0.690. The van der Waals surface area contributed by atoms with E-state index < -0.39 is 0 Å². The molecule has 0 spiro atoms. The molecule has 1 aliphatic heterocycles. The van der Waals surface area contributed by atoms with Gasteiger partial charge in [-0.1, -0.05) is 7.43 Å². The summed E-state index contributed by atoms with van der Waals surface area (Å²) in [5, 5.41) is 0. The number of nitrogens with zero attached hydrogens (tertiary/aromatic N) is 1. The van der Waals surface area contributed by atoms with Crippen LogP contribution in [0.3, 0.4) is 0 Å². The summed E-state index contributed by atoms with van der Waals surface area (Å²) in [6, 6.07) is 0. The first-order valence-corrected chi connectivity index (χ1v) is 3.64. The maximum atomic E-state index is 10.9. The summed E-state index contributed by atoms with van der Waals surface area (Å²) in [6.45, 7) is 1.62. The zero-order valence-corrected chi connectivity index (χ0v) is 7.24. The second-order valence-corrected chi connectivity index (χ2v) is 2.61. The Balaban J connectivity index is 0. The molecule has 5 nitrogen and oxygen atoms in total. The number of ketones is 1. The van der Waals surface area contributed by atoms with Crippen molar-refractivity contribution < 1.29 is 19.9 Å². The molecule has 1 rings (SSSR count). The van der Waals surface area contributed by atoms with Gasteiger partial charge in [0.25, 0.3) is 11.8 Å². The second-order valence-electron chi connectivity index (χ2n) is 2.61. The molecule has 0 aromatic rings. The number of Topliss-reactive ketones (excluding diaryl/α,β-unsaturated/α-hetero) is 1. The minimum atomic E-state index is -0.332. The average molecular weight is 201 g/mol. The van der Waals surface area contributed by atoms with E-state index in [9.17, 15) is 14.4 Å². The summed E-state index contributed by atoms with van der Waals surface area (Å²) in [7, 11) is 0. The Morgan fingerprint density at radius 2 is 1.71 bits per heavy atom. The fourth-order valence-corrected chi connectivity index (χ4v) is 0.921. The molecule has 1 heterocycles. The molecular formula is C9H15NO4. The maximum Gasteiger partial charge on any atom is 0.253 e. The molecule has 2 N–H and O–H groups in total. The number of imide groups is 1. The molecule has 0 saturated heterocycles. The molecule has 0 atom stereocenters. The lowest BCUT2D eigenvalue weighted by Crippen LogP contribution is -2.31. The fourth-order valence-electron chi connectivity index (χ4n) is 0.921. The maximum absolute atomic E-state index is 10.9. The van der Waals surface area contributed by atoms with Gasteiger partial charge in [-0.25, -0.2) is 0 Å². The van der Waals surface area contributed by atoms with Crippen LogP contribution < -0.4 is 0 Å². The standard InChI is InChI=1S/C8H9NO3.CH4.H2O/c1-6(10)4-5-9-7(11)2-3-8(9)12;;/h2-3H,4-5H2,1H3;1H4;1H2. The van der Waals surface area contributed by atoms with Gasteiger partial charge in [0.05, 0.1) is 0 Å². The van der Waals surface area contributed by atoms with Crippen LogP contribution in [0, 0.1) is 0 Å². The van der Waals surface area contributed by atoms with E-state index >= 15 is 0 Å². The molecule has 0 aromatic carbocycles. The van der Waals surface area contributed by atoms with E-state index in [1.807, 2.05) is 0 Å². The first-order valence-electron chi connectivity index (χ1n) is 3.64. The van der Waals surface area contributed by atoms with E-state index in [1.165, 1.54) is 19.1 Å². The summed E-state index contributed by atoms with van der Waals surface area (Å²) >= 11 is 0. The molecule has 1 aliphatic rings. The summed E-state index contributed by atoms with van der Waals surface area (Å²) in [4.78, 5) is 33.4. The molecule has 0 radical (unpaired) electrons. The lowest BCUT2D eigenvalue weighted by molar-refractivity contribution is -0.137. The number of hydrogen-bond donors (Lipinski definition) is 0. The summed E-state index contributed by atoms with van der Waals surface area (Å²) in [5.41, 5.74) is 0. The SMILES string of the molecule is C.CC(=O)CCN1C(=O)C=CC1=O.O. The van der Waals surface area contributed by atoms with Gasteiger partial charge in [0.2, 0.25) is 0 Å². The van der Waals surface area contributed by atoms with Gasteiger partial charge in [0, 0.05) is 25.1 Å². The zero-order chi connectivity index (χ0) is 9.14. The molecule has 0 bridgehead atoms. The Hall–Kier alpha value is -1.49. The van der Waals surface area contributed by atoms with Crippen molar-refractivity contribution >= 4 is 17.6 Å². The fraction of sp³-hybridized carbons (Fsp3) is 0.444. The number of carbonyl (C=O) groups is 3. The van der Waals surface area contributed by atoms with Crippen molar-refractivity contribution in [3.63, 3.8) is 0 Å². The molecule has 0 aliphatic carbocycles. The van der Waals surface area contributed by atoms with Crippen molar-refractivity contribution in [1.82, 2.24) is 4.90 Å². The highest BCUT2D eigenvalue weighted by Crippen LogP contribution is 2.03. The molecule has 0 fully saturated rings. The van der Waals surface area contributed by atoms with Gasteiger partial charge in [0.1, 0.15) is 5.78 Å². The molecule has 0 saturated carbocycles. The number of rotatable bonds is 3. The van der Waals surface area contributed by atoms with E-state index in [4.69, 9.17) is 0 Å². The van der Waals surface area contributed by atoms with Crippen molar-refractivity contribution in [3.8, 4) is 0 Å². The van der Waals surface area contributed by atoms with Crippen molar-refractivity contribution in [2.45, 2.75) is 20.8 Å². The highest BCUT2D eigenvalue weighted by atomic mass is 16.2. The Kier molecular flexibility index (Phi) is 6.47. The second kappa shape index (κ2) is 6.04. The number of carbonyl (C=O) groups excluding carboxylic acids is 3. The molecule has 80 valence electrons. The van der Waals surface area contributed by atoms with E-state index in [2.05, 4.69) is 0 Å². The molecule has 0 unspecified atom stereocenters. The van der Waals surface area contributed by atoms with Crippen LogP contribution in [-0.4, -0.2) is 34.5 Å². The van der Waals surface area contributed by atoms with Crippen LogP contribution in [0.25, 0.3) is 0 Å². The Morgan fingerprint density at radius 3 is 2.07 bits per heavy atom. The van der Waals surface area contributed by atoms with E-state index in [0.29, 0.717) is 0 Å². The van der Waals surface area contributed by atoms with Crippen LogP contribution in [0.2, 0.25) is 0 Å². The smallest absolute Gasteiger partial charge is 0.253 e. The summed E-state index contributed by atoms with van der Waals surface area (Å²) < 4.78 is 0. The molecular weight excluding hydrogens is 186 g/mol. The van der Waals surface area contributed by atoms with Gasteiger partial charge in [-0.05, 0) is 6.92 Å². The van der Waals surface area contributed by atoms with Crippen molar-refractivity contribution in [2.24, 2.45) is 0 Å². The van der Waals surface area contributed by atoms with Crippen molar-refractivity contribution in [1.29, 1.82) is 0 Å². The average Bonchev–Trinajstić information content (AvgIpc) is 2.28. The highest BCUT2D eigenvalue weighted by Gasteiger charge is 2.22. The lowest BCUT2D eigenvalue weighted by Gasteiger charge is -2.11. The first-order chi connectivity index (χ1) is 5.61. The molecule has 0 aromatic heterocycles. The number of amides is 2. The summed E-state index contributed by atoms with van der Waals surface area (Å²) in [6.07, 6.45) is 2.66. The largest absolute Gasteiger partial charge is 0.412 e. The lowest BCUT2D eigenvalue weighted by atomic mass is 10.3. The minimum Gasteiger partial charge on any atom is -0.412 e. The highest BCUT2D eigenvalue weighted by molar-refractivity contribution is 6.13. The van der Waals surface area contributed by atoms with Gasteiger partial charge < -0.3 is 5.48 Å². The third-order valence-electron chi connectivity index (χ3n) is 1.59. The van der Waals surface area contributed by atoms with Gasteiger partial charge in [-0.15, -0.1) is 0 Å². The Bertz CT molecular complexity index is 252. The molecule has 5 heteroatoms. The van der Waals surface area contributed by atoms with Gasteiger partial charge in [-0.2, -0.15) is 0 Å². The van der Waals surface area contributed by atoms with Crippen molar-refractivity contribution in [2.75, 3.05) is 6.54 Å². The van der Waals surface area contributed by atoms with Crippen LogP contribution in [0.15, 0.2) is 12.2 Å². The van der Waals surface area contributed by atoms with E-state index in [1.54, 1.807) is 0 Å². The van der Waals surface area contributed by atoms with E-state index in [-0.39, 0.29) is 43.5 Å². The zero-order valence-electron chi connectivity index (χ0n) is 7.24. The topological polar surface area (TPSA) is 86.0 Å². The normalized spacial score (nSPS) is 13.6. The monoisotopic (exact) mass is 201 g/mol. The quantitative estimate of drug-likeness (QED) is 0.587.